The third kappa shape index (κ3) is 3.07. The van der Waals surface area contributed by atoms with Crippen LogP contribution in [0.25, 0.3) is 0 Å². The monoisotopic (exact) mass is 383 g/mol. The molecule has 3 fully saturated rings. The van der Waals surface area contributed by atoms with Crippen LogP contribution in [0.15, 0.2) is 10.9 Å². The Bertz CT molecular complexity index is 872. The number of pyridine rings is 1. The minimum absolute atomic E-state index is 0.210. The molecule has 1 spiro atoms. The molecule has 2 saturated heterocycles. The molecule has 1 aromatic heterocycles. The van der Waals surface area contributed by atoms with Crippen molar-refractivity contribution in [3.8, 4) is 0 Å². The number of H-pyrrole nitrogens is 1. The molecule has 6 heteroatoms. The molecule has 4 aliphatic rings. The number of amides is 2. The lowest BCUT2D eigenvalue weighted by atomic mass is 9.78. The molecule has 2 amide bonds. The average molecular weight is 383 g/mol. The Balaban J connectivity index is 1.35. The van der Waals surface area contributed by atoms with Gasteiger partial charge in [-0.15, -0.1) is 0 Å². The summed E-state index contributed by atoms with van der Waals surface area (Å²) in [4.78, 5) is 45.6. The van der Waals surface area contributed by atoms with Crippen LogP contribution in [0.2, 0.25) is 0 Å². The molecular weight excluding hydrogens is 354 g/mol. The van der Waals surface area contributed by atoms with Gasteiger partial charge in [-0.25, -0.2) is 0 Å². The number of carbonyl (C=O) groups is 2. The van der Waals surface area contributed by atoms with Crippen molar-refractivity contribution in [2.45, 2.75) is 57.8 Å². The summed E-state index contributed by atoms with van der Waals surface area (Å²) in [6, 6.07) is 1.81. The molecule has 1 unspecified atom stereocenters. The van der Waals surface area contributed by atoms with Gasteiger partial charge in [0.2, 0.25) is 5.91 Å². The fourth-order valence-electron chi connectivity index (χ4n) is 5.37. The quantitative estimate of drug-likeness (QED) is 0.869. The lowest BCUT2D eigenvalue weighted by Gasteiger charge is -2.39. The minimum atomic E-state index is -0.427. The molecule has 0 radical (unpaired) electrons. The van der Waals surface area contributed by atoms with Crippen molar-refractivity contribution in [1.29, 1.82) is 0 Å². The number of piperidine rings is 1. The van der Waals surface area contributed by atoms with Gasteiger partial charge in [0.15, 0.2) is 0 Å². The van der Waals surface area contributed by atoms with Crippen molar-refractivity contribution in [1.82, 2.24) is 14.8 Å². The van der Waals surface area contributed by atoms with Crippen LogP contribution in [0.1, 0.15) is 66.6 Å². The van der Waals surface area contributed by atoms with Crippen molar-refractivity contribution in [2.75, 3.05) is 26.2 Å². The number of hydrogen-bond donors (Lipinski definition) is 1. The Hall–Kier alpha value is -2.11. The molecule has 5 rings (SSSR count). The van der Waals surface area contributed by atoms with E-state index >= 15 is 0 Å². The SMILES string of the molecule is O=C(c1cc2c([nH]c1=O)CCCC2)N1CCC2(CCCN(CC3CC3)C2=O)C1. The lowest BCUT2D eigenvalue weighted by Crippen LogP contribution is -2.51. The van der Waals surface area contributed by atoms with E-state index in [1.807, 2.05) is 11.0 Å². The molecule has 1 saturated carbocycles. The summed E-state index contributed by atoms with van der Waals surface area (Å²) in [7, 11) is 0. The summed E-state index contributed by atoms with van der Waals surface area (Å²) in [5, 5.41) is 0. The second-order valence-corrected chi connectivity index (χ2v) is 9.28. The van der Waals surface area contributed by atoms with Crippen molar-refractivity contribution in [3.63, 3.8) is 0 Å². The number of aromatic amines is 1. The summed E-state index contributed by atoms with van der Waals surface area (Å²) < 4.78 is 0. The van der Waals surface area contributed by atoms with Gasteiger partial charge < -0.3 is 14.8 Å². The minimum Gasteiger partial charge on any atom is -0.342 e. The van der Waals surface area contributed by atoms with Crippen LogP contribution in [0.4, 0.5) is 0 Å². The Morgan fingerprint density at radius 2 is 1.93 bits per heavy atom. The number of nitrogens with zero attached hydrogens (tertiary/aromatic N) is 2. The molecule has 6 nitrogen and oxygen atoms in total. The first-order chi connectivity index (χ1) is 13.6. The zero-order chi connectivity index (χ0) is 19.3. The number of carbonyl (C=O) groups excluding carboxylic acids is 2. The molecule has 150 valence electrons. The molecule has 2 aliphatic carbocycles. The third-order valence-electron chi connectivity index (χ3n) is 7.21. The van der Waals surface area contributed by atoms with E-state index in [2.05, 4.69) is 4.98 Å². The largest absolute Gasteiger partial charge is 0.342 e. The topological polar surface area (TPSA) is 73.5 Å². The van der Waals surface area contributed by atoms with Gasteiger partial charge in [0.05, 0.1) is 5.41 Å². The van der Waals surface area contributed by atoms with Gasteiger partial charge in [0.1, 0.15) is 5.56 Å². The summed E-state index contributed by atoms with van der Waals surface area (Å²) in [5.74, 6) is 0.714. The molecule has 0 bridgehead atoms. The maximum Gasteiger partial charge on any atom is 0.261 e. The highest BCUT2D eigenvalue weighted by Crippen LogP contribution is 2.42. The number of rotatable bonds is 3. The van der Waals surface area contributed by atoms with Crippen LogP contribution in [0, 0.1) is 11.3 Å². The predicted molar refractivity (Wildman–Crippen MR) is 105 cm³/mol. The maximum atomic E-state index is 13.2. The van der Waals surface area contributed by atoms with E-state index in [9.17, 15) is 14.4 Å². The van der Waals surface area contributed by atoms with Gasteiger partial charge in [-0.2, -0.15) is 0 Å². The summed E-state index contributed by atoms with van der Waals surface area (Å²) >= 11 is 0. The van der Waals surface area contributed by atoms with Crippen molar-refractivity contribution in [3.05, 3.63) is 33.2 Å². The fourth-order valence-corrected chi connectivity index (χ4v) is 5.37. The number of aryl methyl sites for hydroxylation is 2. The summed E-state index contributed by atoms with van der Waals surface area (Å²) in [5.41, 5.74) is 1.63. The standard InChI is InChI=1S/C22H29N3O3/c26-19-17(12-16-4-1-2-5-18(16)23-19)20(27)25-11-9-22(14-25)8-3-10-24(21(22)28)13-15-6-7-15/h12,15H,1-11,13-14H2,(H,23,26). The second kappa shape index (κ2) is 6.75. The Morgan fingerprint density at radius 1 is 1.11 bits per heavy atom. The van der Waals surface area contributed by atoms with E-state index in [0.29, 0.717) is 19.0 Å². The number of nitrogens with one attached hydrogen (secondary N) is 1. The van der Waals surface area contributed by atoms with E-state index in [1.165, 1.54) is 12.8 Å². The summed E-state index contributed by atoms with van der Waals surface area (Å²) in [6.45, 7) is 2.77. The van der Waals surface area contributed by atoms with Crippen molar-refractivity contribution >= 4 is 11.8 Å². The van der Waals surface area contributed by atoms with Gasteiger partial charge in [-0.05, 0) is 75.3 Å². The molecule has 1 atom stereocenters. The average Bonchev–Trinajstić information content (AvgIpc) is 3.42. The normalized spacial score (nSPS) is 27.4. The van der Waals surface area contributed by atoms with Crippen LogP contribution in [0.3, 0.4) is 0 Å². The first-order valence-electron chi connectivity index (χ1n) is 10.9. The molecular formula is C22H29N3O3. The first-order valence-corrected chi connectivity index (χ1v) is 10.9. The maximum absolute atomic E-state index is 13.2. The highest BCUT2D eigenvalue weighted by molar-refractivity contribution is 5.95. The Kier molecular flexibility index (Phi) is 4.33. The fraction of sp³-hybridized carbons (Fsp3) is 0.682. The van der Waals surface area contributed by atoms with Gasteiger partial charge >= 0.3 is 0 Å². The van der Waals surface area contributed by atoms with Gasteiger partial charge in [0.25, 0.3) is 11.5 Å². The molecule has 2 aliphatic heterocycles. The third-order valence-corrected chi connectivity index (χ3v) is 7.21. The van der Waals surface area contributed by atoms with Crippen LogP contribution in [-0.2, 0) is 17.6 Å². The second-order valence-electron chi connectivity index (χ2n) is 9.28. The zero-order valence-corrected chi connectivity index (χ0v) is 16.5. The zero-order valence-electron chi connectivity index (χ0n) is 16.5. The van der Waals surface area contributed by atoms with Crippen LogP contribution in [-0.4, -0.2) is 52.8 Å². The van der Waals surface area contributed by atoms with Crippen molar-refractivity contribution in [2.24, 2.45) is 11.3 Å². The number of hydrogen-bond acceptors (Lipinski definition) is 3. The molecule has 3 heterocycles. The van der Waals surface area contributed by atoms with E-state index in [0.717, 1.165) is 69.3 Å². The smallest absolute Gasteiger partial charge is 0.261 e. The van der Waals surface area contributed by atoms with Crippen molar-refractivity contribution < 1.29 is 9.59 Å². The number of likely N-dealkylation sites (tertiary alicyclic amines) is 2. The highest BCUT2D eigenvalue weighted by Gasteiger charge is 2.50. The molecule has 0 aromatic carbocycles. The van der Waals surface area contributed by atoms with Gasteiger partial charge in [-0.1, -0.05) is 0 Å². The number of fused-ring (bicyclic) bond motifs is 1. The Morgan fingerprint density at radius 3 is 2.75 bits per heavy atom. The van der Waals surface area contributed by atoms with E-state index < -0.39 is 5.41 Å². The highest BCUT2D eigenvalue weighted by atomic mass is 16.2. The van der Waals surface area contributed by atoms with E-state index in [4.69, 9.17) is 0 Å². The Labute approximate surface area is 165 Å². The molecule has 1 N–H and O–H groups in total. The van der Waals surface area contributed by atoms with E-state index in [-0.39, 0.29) is 22.9 Å². The van der Waals surface area contributed by atoms with Gasteiger partial charge in [0, 0.05) is 31.9 Å². The van der Waals surface area contributed by atoms with E-state index in [1.54, 1.807) is 4.90 Å². The first kappa shape index (κ1) is 18.0. The number of aromatic nitrogens is 1. The summed E-state index contributed by atoms with van der Waals surface area (Å²) in [6.07, 6.45) is 9.07. The molecule has 28 heavy (non-hydrogen) atoms. The molecule has 1 aromatic rings. The predicted octanol–water partition coefficient (Wildman–Crippen LogP) is 2.12. The lowest BCUT2D eigenvalue weighted by molar-refractivity contribution is -0.145. The van der Waals surface area contributed by atoms with Gasteiger partial charge in [-0.3, -0.25) is 14.4 Å². The van der Waals surface area contributed by atoms with Crippen LogP contribution < -0.4 is 5.56 Å². The van der Waals surface area contributed by atoms with Crippen LogP contribution in [0.5, 0.6) is 0 Å². The van der Waals surface area contributed by atoms with Crippen LogP contribution >= 0.6 is 0 Å².